The Morgan fingerprint density at radius 1 is 1.62 bits per heavy atom. The molecule has 0 saturated carbocycles. The molecule has 4 heteroatoms. The largest absolute Gasteiger partial charge is 0.293 e. The normalized spacial score (nSPS) is 9.15. The van der Waals surface area contributed by atoms with Crippen molar-refractivity contribution in [1.29, 1.82) is 0 Å². The molecule has 0 radical (unpaired) electrons. The molecule has 0 unspecified atom stereocenters. The quantitative estimate of drug-likeness (QED) is 0.562. The number of ketones is 1. The second kappa shape index (κ2) is 4.66. The number of halogens is 2. The number of hydrogen-bond acceptors (Lipinski definition) is 2. The Morgan fingerprint density at radius 2 is 2.31 bits per heavy atom. The van der Waals surface area contributed by atoms with Crippen LogP contribution in [0.1, 0.15) is 23.7 Å². The molecule has 1 rings (SSSR count). The first-order valence-corrected chi connectivity index (χ1v) is 5.10. The van der Waals surface area contributed by atoms with E-state index < -0.39 is 0 Å². The molecule has 0 spiro atoms. The molecule has 68 valence electrons. The van der Waals surface area contributed by atoms with Crippen molar-refractivity contribution in [2.75, 3.05) is 0 Å². The maximum atomic E-state index is 11.4. The van der Waals surface area contributed by atoms with Crippen LogP contribution in [-0.4, -0.2) is 5.78 Å². The SMILES string of the molecule is CC#CCC(=O)c1cc(Cl)sc1Cl. The van der Waals surface area contributed by atoms with Crippen molar-refractivity contribution in [3.05, 3.63) is 20.3 Å². The summed E-state index contributed by atoms with van der Waals surface area (Å²) in [6, 6.07) is 1.58. The third kappa shape index (κ3) is 2.73. The Bertz CT molecular complexity index is 384. The molecular formula is C9H6Cl2OS. The molecule has 1 aromatic rings. The van der Waals surface area contributed by atoms with E-state index in [9.17, 15) is 4.79 Å². The second-order valence-corrected chi connectivity index (χ2v) is 4.55. The van der Waals surface area contributed by atoms with Crippen LogP contribution in [0.3, 0.4) is 0 Å². The Balaban J connectivity index is 2.86. The van der Waals surface area contributed by atoms with Gasteiger partial charge in [-0.15, -0.1) is 17.3 Å². The third-order valence-electron chi connectivity index (χ3n) is 1.38. The summed E-state index contributed by atoms with van der Waals surface area (Å²) >= 11 is 12.7. The fourth-order valence-corrected chi connectivity index (χ4v) is 2.29. The van der Waals surface area contributed by atoms with Crippen LogP contribution in [0.2, 0.25) is 8.67 Å². The van der Waals surface area contributed by atoms with E-state index in [1.54, 1.807) is 13.0 Å². The summed E-state index contributed by atoms with van der Waals surface area (Å²) in [5.41, 5.74) is 0.472. The molecule has 1 heterocycles. The van der Waals surface area contributed by atoms with E-state index in [1.807, 2.05) is 0 Å². The van der Waals surface area contributed by atoms with E-state index in [0.717, 1.165) is 0 Å². The highest BCUT2D eigenvalue weighted by atomic mass is 35.5. The molecule has 0 aliphatic rings. The summed E-state index contributed by atoms with van der Waals surface area (Å²) in [5, 5.41) is 0. The molecule has 0 aliphatic heterocycles. The highest BCUT2D eigenvalue weighted by Crippen LogP contribution is 2.31. The van der Waals surface area contributed by atoms with Gasteiger partial charge in [-0.3, -0.25) is 4.79 Å². The van der Waals surface area contributed by atoms with Crippen molar-refractivity contribution < 1.29 is 4.79 Å². The lowest BCUT2D eigenvalue weighted by atomic mass is 10.2. The molecule has 13 heavy (non-hydrogen) atoms. The molecule has 0 amide bonds. The van der Waals surface area contributed by atoms with Gasteiger partial charge in [0.05, 0.1) is 10.8 Å². The number of rotatable bonds is 2. The van der Waals surface area contributed by atoms with Crippen LogP contribution >= 0.6 is 34.5 Å². The summed E-state index contributed by atoms with van der Waals surface area (Å²) in [7, 11) is 0. The lowest BCUT2D eigenvalue weighted by Gasteiger charge is -1.90. The monoisotopic (exact) mass is 232 g/mol. The molecule has 0 fully saturated rings. The fraction of sp³-hybridized carbons (Fsp3) is 0.222. The summed E-state index contributed by atoms with van der Waals surface area (Å²) in [4.78, 5) is 11.4. The highest BCUT2D eigenvalue weighted by Gasteiger charge is 2.12. The standard InChI is InChI=1S/C9H6Cl2OS/c1-2-3-4-7(12)6-5-8(10)13-9(6)11/h5H,4H2,1H3. The minimum absolute atomic E-state index is 0.0810. The van der Waals surface area contributed by atoms with Crippen molar-refractivity contribution in [3.63, 3.8) is 0 Å². The van der Waals surface area contributed by atoms with Crippen LogP contribution in [-0.2, 0) is 0 Å². The first-order valence-electron chi connectivity index (χ1n) is 3.52. The Hall–Kier alpha value is -0.490. The van der Waals surface area contributed by atoms with Gasteiger partial charge in [-0.1, -0.05) is 29.1 Å². The molecule has 0 aromatic carbocycles. The van der Waals surface area contributed by atoms with Crippen LogP contribution in [0.25, 0.3) is 0 Å². The minimum Gasteiger partial charge on any atom is -0.293 e. The molecule has 1 aromatic heterocycles. The smallest absolute Gasteiger partial charge is 0.177 e. The van der Waals surface area contributed by atoms with E-state index in [1.165, 1.54) is 11.3 Å². The Labute approximate surface area is 90.7 Å². The molecule has 0 aliphatic carbocycles. The van der Waals surface area contributed by atoms with Crippen molar-refractivity contribution in [1.82, 2.24) is 0 Å². The number of carbonyl (C=O) groups excluding carboxylic acids is 1. The van der Waals surface area contributed by atoms with E-state index in [-0.39, 0.29) is 12.2 Å². The number of carbonyl (C=O) groups is 1. The number of Topliss-reactive ketones (excluding diaryl/α,β-unsaturated/α-hetero) is 1. The zero-order valence-corrected chi connectivity index (χ0v) is 9.19. The van der Waals surface area contributed by atoms with Gasteiger partial charge in [0.1, 0.15) is 4.34 Å². The van der Waals surface area contributed by atoms with Crippen molar-refractivity contribution in [2.45, 2.75) is 13.3 Å². The maximum Gasteiger partial charge on any atom is 0.177 e. The third-order valence-corrected chi connectivity index (χ3v) is 2.87. The van der Waals surface area contributed by atoms with Crippen molar-refractivity contribution >= 4 is 40.3 Å². The van der Waals surface area contributed by atoms with Gasteiger partial charge in [-0.25, -0.2) is 0 Å². The topological polar surface area (TPSA) is 17.1 Å². The Kier molecular flexibility index (Phi) is 3.80. The summed E-state index contributed by atoms with van der Waals surface area (Å²) in [6.45, 7) is 1.69. The Morgan fingerprint density at radius 3 is 2.77 bits per heavy atom. The molecule has 0 atom stereocenters. The second-order valence-electron chi connectivity index (χ2n) is 2.26. The van der Waals surface area contributed by atoms with Gasteiger partial charge in [0.2, 0.25) is 0 Å². The van der Waals surface area contributed by atoms with Gasteiger partial charge in [-0.05, 0) is 13.0 Å². The van der Waals surface area contributed by atoms with E-state index in [4.69, 9.17) is 23.2 Å². The summed E-state index contributed by atoms with van der Waals surface area (Å²) in [5.74, 6) is 5.26. The number of thiophene rings is 1. The lowest BCUT2D eigenvalue weighted by molar-refractivity contribution is 0.0998. The minimum atomic E-state index is -0.0810. The average Bonchev–Trinajstić information content (AvgIpc) is 2.41. The zero-order valence-electron chi connectivity index (χ0n) is 6.86. The summed E-state index contributed by atoms with van der Waals surface area (Å²) in [6.07, 6.45) is 0.198. The number of hydrogen-bond donors (Lipinski definition) is 0. The molecule has 1 nitrogen and oxygen atoms in total. The average molecular weight is 233 g/mol. The fourth-order valence-electron chi connectivity index (χ4n) is 0.794. The molecule has 0 bridgehead atoms. The lowest BCUT2D eigenvalue weighted by Crippen LogP contribution is -1.95. The van der Waals surface area contributed by atoms with Gasteiger partial charge < -0.3 is 0 Å². The first-order chi connectivity index (χ1) is 6.15. The van der Waals surface area contributed by atoms with Gasteiger partial charge >= 0.3 is 0 Å². The first kappa shape index (κ1) is 10.6. The molecule has 0 N–H and O–H groups in total. The van der Waals surface area contributed by atoms with Crippen LogP contribution in [0, 0.1) is 11.8 Å². The molecular weight excluding hydrogens is 227 g/mol. The van der Waals surface area contributed by atoms with Crippen LogP contribution in [0.5, 0.6) is 0 Å². The van der Waals surface area contributed by atoms with E-state index in [2.05, 4.69) is 11.8 Å². The van der Waals surface area contributed by atoms with E-state index in [0.29, 0.717) is 14.2 Å². The zero-order chi connectivity index (χ0) is 9.84. The van der Waals surface area contributed by atoms with Crippen LogP contribution in [0.15, 0.2) is 6.07 Å². The van der Waals surface area contributed by atoms with Crippen molar-refractivity contribution in [3.8, 4) is 11.8 Å². The van der Waals surface area contributed by atoms with Gasteiger partial charge in [-0.2, -0.15) is 0 Å². The van der Waals surface area contributed by atoms with Crippen LogP contribution in [0.4, 0.5) is 0 Å². The van der Waals surface area contributed by atoms with E-state index >= 15 is 0 Å². The van der Waals surface area contributed by atoms with Crippen molar-refractivity contribution in [2.24, 2.45) is 0 Å². The van der Waals surface area contributed by atoms with Gasteiger partial charge in [0, 0.05) is 5.56 Å². The predicted octanol–water partition coefficient (Wildman–Crippen LogP) is 3.65. The predicted molar refractivity (Wildman–Crippen MR) is 56.7 cm³/mol. The van der Waals surface area contributed by atoms with Gasteiger partial charge in [0.15, 0.2) is 5.78 Å². The molecule has 0 saturated heterocycles. The highest BCUT2D eigenvalue weighted by molar-refractivity contribution is 7.20. The summed E-state index contributed by atoms with van der Waals surface area (Å²) < 4.78 is 0.964. The van der Waals surface area contributed by atoms with Crippen LogP contribution < -0.4 is 0 Å². The maximum absolute atomic E-state index is 11.4. The van der Waals surface area contributed by atoms with Gasteiger partial charge in [0.25, 0.3) is 0 Å².